The topological polar surface area (TPSA) is 87.0 Å². The van der Waals surface area contributed by atoms with E-state index in [2.05, 4.69) is 12.0 Å². The van der Waals surface area contributed by atoms with Crippen LogP contribution in [-0.2, 0) is 0 Å². The zero-order valence-corrected chi connectivity index (χ0v) is 9.93. The highest BCUT2D eigenvalue weighted by Crippen LogP contribution is 2.30. The summed E-state index contributed by atoms with van der Waals surface area (Å²) < 4.78 is 1.59. The van der Waals surface area contributed by atoms with Crippen LogP contribution in [0.3, 0.4) is 0 Å². The maximum Gasteiger partial charge on any atom is 0.333 e. The monoisotopic (exact) mass is 226 g/mol. The van der Waals surface area contributed by atoms with Crippen molar-refractivity contribution in [3.63, 3.8) is 0 Å². The number of hydrogen-bond acceptors (Lipinski definition) is 4. The van der Waals surface area contributed by atoms with Crippen LogP contribution in [0.25, 0.3) is 0 Å². The first-order chi connectivity index (χ1) is 7.52. The maximum atomic E-state index is 10.8. The summed E-state index contributed by atoms with van der Waals surface area (Å²) in [5.74, 6) is 0.169. The van der Waals surface area contributed by atoms with Gasteiger partial charge in [0.2, 0.25) is 5.82 Å². The van der Waals surface area contributed by atoms with Crippen molar-refractivity contribution in [2.24, 2.45) is 0 Å². The fourth-order valence-corrected chi connectivity index (χ4v) is 1.89. The summed E-state index contributed by atoms with van der Waals surface area (Å²) in [5.41, 5.74) is 6.10. The summed E-state index contributed by atoms with van der Waals surface area (Å²) in [6.45, 7) is 5.72. The molecule has 0 saturated heterocycles. The summed E-state index contributed by atoms with van der Waals surface area (Å²) in [5, 5.41) is 15.0. The molecule has 16 heavy (non-hydrogen) atoms. The molecule has 1 aromatic heterocycles. The molecular weight excluding hydrogens is 208 g/mol. The van der Waals surface area contributed by atoms with E-state index >= 15 is 0 Å². The summed E-state index contributed by atoms with van der Waals surface area (Å²) in [7, 11) is 0. The van der Waals surface area contributed by atoms with Gasteiger partial charge in [-0.2, -0.15) is 5.10 Å². The summed E-state index contributed by atoms with van der Waals surface area (Å²) in [6, 6.07) is 0.150. The molecule has 1 atom stereocenters. The summed E-state index contributed by atoms with van der Waals surface area (Å²) in [4.78, 5) is 10.3. The van der Waals surface area contributed by atoms with Crippen LogP contribution < -0.4 is 5.73 Å². The van der Waals surface area contributed by atoms with Gasteiger partial charge in [0.1, 0.15) is 5.69 Å². The molecule has 6 nitrogen and oxygen atoms in total. The molecule has 0 aliphatic heterocycles. The van der Waals surface area contributed by atoms with E-state index in [-0.39, 0.29) is 17.5 Å². The lowest BCUT2D eigenvalue weighted by Gasteiger charge is -2.15. The maximum absolute atomic E-state index is 10.8. The number of hydrogen-bond donors (Lipinski definition) is 1. The van der Waals surface area contributed by atoms with Crippen LogP contribution in [0.1, 0.15) is 44.8 Å². The van der Waals surface area contributed by atoms with E-state index in [4.69, 9.17) is 5.73 Å². The number of rotatable bonds is 5. The molecule has 0 aliphatic carbocycles. The van der Waals surface area contributed by atoms with Crippen LogP contribution in [0.4, 0.5) is 11.5 Å². The van der Waals surface area contributed by atoms with Gasteiger partial charge in [-0.25, -0.2) is 4.68 Å². The molecule has 0 aromatic carbocycles. The number of nitrogens with two attached hydrogens (primary N) is 1. The molecule has 0 radical (unpaired) electrons. The fourth-order valence-electron chi connectivity index (χ4n) is 1.89. The van der Waals surface area contributed by atoms with E-state index in [1.165, 1.54) is 0 Å². The number of nitro groups is 1. The molecule has 1 heterocycles. The normalized spacial score (nSPS) is 12.7. The highest BCUT2D eigenvalue weighted by molar-refractivity contribution is 5.56. The van der Waals surface area contributed by atoms with Gasteiger partial charge < -0.3 is 5.73 Å². The third-order valence-electron chi connectivity index (χ3n) is 2.71. The first kappa shape index (κ1) is 12.5. The standard InChI is InChI=1S/C10H18N4O2/c1-4-6-8(5-2)13-10(11)9(14(15)16)7(3)12-13/h8H,4-6,11H2,1-3H3. The lowest BCUT2D eigenvalue weighted by atomic mass is 10.1. The Hall–Kier alpha value is -1.59. The predicted molar refractivity (Wildman–Crippen MR) is 62.3 cm³/mol. The van der Waals surface area contributed by atoms with Crippen molar-refractivity contribution in [3.05, 3.63) is 15.8 Å². The van der Waals surface area contributed by atoms with Crippen molar-refractivity contribution in [3.8, 4) is 0 Å². The van der Waals surface area contributed by atoms with E-state index < -0.39 is 4.92 Å². The second-order valence-electron chi connectivity index (χ2n) is 3.87. The van der Waals surface area contributed by atoms with E-state index in [0.29, 0.717) is 5.69 Å². The van der Waals surface area contributed by atoms with Crippen LogP contribution in [0.2, 0.25) is 0 Å². The summed E-state index contributed by atoms with van der Waals surface area (Å²) >= 11 is 0. The predicted octanol–water partition coefficient (Wildman–Crippen LogP) is 2.43. The zero-order chi connectivity index (χ0) is 12.3. The lowest BCUT2D eigenvalue weighted by Crippen LogP contribution is -2.12. The van der Waals surface area contributed by atoms with E-state index in [9.17, 15) is 10.1 Å². The molecule has 0 fully saturated rings. The van der Waals surface area contributed by atoms with Gasteiger partial charge in [-0.05, 0) is 19.8 Å². The molecule has 6 heteroatoms. The molecule has 1 unspecified atom stereocenters. The van der Waals surface area contributed by atoms with Crippen molar-refractivity contribution >= 4 is 11.5 Å². The molecule has 0 saturated carbocycles. The van der Waals surface area contributed by atoms with E-state index in [1.54, 1.807) is 11.6 Å². The van der Waals surface area contributed by atoms with Crippen LogP contribution >= 0.6 is 0 Å². The number of nitrogen functional groups attached to an aromatic ring is 1. The van der Waals surface area contributed by atoms with Crippen LogP contribution in [0, 0.1) is 17.0 Å². The lowest BCUT2D eigenvalue weighted by molar-refractivity contribution is -0.384. The Bertz CT molecular complexity index is 386. The van der Waals surface area contributed by atoms with Gasteiger partial charge in [0.05, 0.1) is 11.0 Å². The van der Waals surface area contributed by atoms with E-state index in [1.807, 2.05) is 6.92 Å². The van der Waals surface area contributed by atoms with Crippen molar-refractivity contribution in [2.75, 3.05) is 5.73 Å². The number of anilines is 1. The van der Waals surface area contributed by atoms with Crippen molar-refractivity contribution < 1.29 is 4.92 Å². The van der Waals surface area contributed by atoms with E-state index in [0.717, 1.165) is 19.3 Å². The zero-order valence-electron chi connectivity index (χ0n) is 9.93. The van der Waals surface area contributed by atoms with Gasteiger partial charge in [0.25, 0.3) is 0 Å². The smallest absolute Gasteiger partial charge is 0.333 e. The Labute approximate surface area is 94.6 Å². The Balaban J connectivity index is 3.14. The molecule has 1 rings (SSSR count). The average molecular weight is 226 g/mol. The third kappa shape index (κ3) is 2.15. The molecule has 0 bridgehead atoms. The Morgan fingerprint density at radius 2 is 2.19 bits per heavy atom. The van der Waals surface area contributed by atoms with Gasteiger partial charge in [0.15, 0.2) is 0 Å². The van der Waals surface area contributed by atoms with Gasteiger partial charge in [-0.3, -0.25) is 10.1 Å². The molecule has 2 N–H and O–H groups in total. The number of aryl methyl sites for hydroxylation is 1. The fraction of sp³-hybridized carbons (Fsp3) is 0.700. The highest BCUT2D eigenvalue weighted by atomic mass is 16.6. The van der Waals surface area contributed by atoms with Crippen LogP contribution in [-0.4, -0.2) is 14.7 Å². The quantitative estimate of drug-likeness (QED) is 0.617. The van der Waals surface area contributed by atoms with Gasteiger partial charge in [-0.1, -0.05) is 20.3 Å². The molecule has 1 aromatic rings. The van der Waals surface area contributed by atoms with Crippen molar-refractivity contribution in [1.82, 2.24) is 9.78 Å². The Kier molecular flexibility index (Phi) is 3.87. The largest absolute Gasteiger partial charge is 0.378 e. The molecule has 90 valence electrons. The average Bonchev–Trinajstić information content (AvgIpc) is 2.50. The van der Waals surface area contributed by atoms with Crippen molar-refractivity contribution in [2.45, 2.75) is 46.1 Å². The SMILES string of the molecule is CCCC(CC)n1nc(C)c([N+](=O)[O-])c1N. The Morgan fingerprint density at radius 1 is 1.56 bits per heavy atom. The van der Waals surface area contributed by atoms with Gasteiger partial charge >= 0.3 is 5.69 Å². The van der Waals surface area contributed by atoms with Crippen LogP contribution in [0.5, 0.6) is 0 Å². The first-order valence-corrected chi connectivity index (χ1v) is 5.51. The minimum atomic E-state index is -0.465. The van der Waals surface area contributed by atoms with Crippen molar-refractivity contribution in [1.29, 1.82) is 0 Å². The number of aromatic nitrogens is 2. The van der Waals surface area contributed by atoms with Crippen LogP contribution in [0.15, 0.2) is 0 Å². The minimum absolute atomic E-state index is 0.0606. The van der Waals surface area contributed by atoms with Gasteiger partial charge in [0, 0.05) is 0 Å². The highest BCUT2D eigenvalue weighted by Gasteiger charge is 2.25. The second-order valence-corrected chi connectivity index (χ2v) is 3.87. The number of nitrogens with zero attached hydrogens (tertiary/aromatic N) is 3. The summed E-state index contributed by atoms with van der Waals surface area (Å²) in [6.07, 6.45) is 2.81. The second kappa shape index (κ2) is 4.96. The third-order valence-corrected chi connectivity index (χ3v) is 2.71. The van der Waals surface area contributed by atoms with Gasteiger partial charge in [-0.15, -0.1) is 0 Å². The minimum Gasteiger partial charge on any atom is -0.378 e. The Morgan fingerprint density at radius 3 is 2.56 bits per heavy atom. The molecule has 0 spiro atoms. The molecular formula is C10H18N4O2. The first-order valence-electron chi connectivity index (χ1n) is 5.51. The molecule has 0 amide bonds. The molecule has 0 aliphatic rings.